The molecule has 13 heavy (non-hydrogen) atoms. The number of nitrogens with zero attached hydrogens (tertiary/aromatic N) is 1. The molecule has 1 heterocycles. The van der Waals surface area contributed by atoms with E-state index in [1.807, 2.05) is 0 Å². The maximum absolute atomic E-state index is 12.1. The maximum Gasteiger partial charge on any atom is 0.117 e. The summed E-state index contributed by atoms with van der Waals surface area (Å²) >= 11 is 0. The molecule has 0 aliphatic carbocycles. The highest BCUT2D eigenvalue weighted by atomic mass is 19.1. The molecule has 0 radical (unpaired) electrons. The number of β-amino-alcohol motifs (C(OH)–C–C–N with tert-alkyl or cyclic N) is 1. The molecule has 0 aromatic carbocycles. The molecule has 3 nitrogen and oxygen atoms in total. The molecule has 78 valence electrons. The number of rotatable bonds is 3. The van der Waals surface area contributed by atoms with Crippen LogP contribution >= 0.6 is 0 Å². The highest BCUT2D eigenvalue weighted by Gasteiger charge is 2.25. The van der Waals surface area contributed by atoms with Gasteiger partial charge in [-0.2, -0.15) is 0 Å². The molecule has 1 saturated heterocycles. The van der Waals surface area contributed by atoms with Gasteiger partial charge in [-0.25, -0.2) is 4.39 Å². The summed E-state index contributed by atoms with van der Waals surface area (Å²) in [7, 11) is 0. The lowest BCUT2D eigenvalue weighted by Crippen LogP contribution is -2.57. The first-order valence-corrected chi connectivity index (χ1v) is 4.85. The van der Waals surface area contributed by atoms with Gasteiger partial charge in [0.25, 0.3) is 0 Å². The van der Waals surface area contributed by atoms with E-state index in [4.69, 9.17) is 0 Å². The molecule has 0 saturated carbocycles. The van der Waals surface area contributed by atoms with Gasteiger partial charge in [0.1, 0.15) is 6.67 Å². The summed E-state index contributed by atoms with van der Waals surface area (Å²) in [5.41, 5.74) is 0. The Balaban J connectivity index is 2.43. The van der Waals surface area contributed by atoms with E-state index < -0.39 is 12.8 Å². The molecule has 4 heteroatoms. The second-order valence-electron chi connectivity index (χ2n) is 3.86. The van der Waals surface area contributed by atoms with Crippen molar-refractivity contribution < 1.29 is 9.50 Å². The normalized spacial score (nSPS) is 33.2. The van der Waals surface area contributed by atoms with Gasteiger partial charge < -0.3 is 10.4 Å². The summed E-state index contributed by atoms with van der Waals surface area (Å²) in [5.74, 6) is 0. The third-order valence-electron chi connectivity index (χ3n) is 2.61. The van der Waals surface area contributed by atoms with Crippen molar-refractivity contribution in [3.63, 3.8) is 0 Å². The van der Waals surface area contributed by atoms with E-state index >= 15 is 0 Å². The molecule has 0 aromatic rings. The number of halogens is 1. The zero-order valence-electron chi connectivity index (χ0n) is 8.33. The molecule has 2 N–H and O–H groups in total. The van der Waals surface area contributed by atoms with Gasteiger partial charge in [-0.05, 0) is 13.8 Å². The number of nitrogens with one attached hydrogen (secondary N) is 1. The molecule has 0 bridgehead atoms. The van der Waals surface area contributed by atoms with Crippen LogP contribution in [0.15, 0.2) is 0 Å². The maximum atomic E-state index is 12.1. The van der Waals surface area contributed by atoms with Crippen LogP contribution in [0.1, 0.15) is 13.8 Å². The van der Waals surface area contributed by atoms with Crippen molar-refractivity contribution in [2.75, 3.05) is 26.3 Å². The minimum Gasteiger partial charge on any atom is -0.389 e. The molecule has 1 rings (SSSR count). The second kappa shape index (κ2) is 4.88. The minimum atomic E-state index is -0.831. The summed E-state index contributed by atoms with van der Waals surface area (Å²) in [4.78, 5) is 2.15. The van der Waals surface area contributed by atoms with Gasteiger partial charge in [0, 0.05) is 31.7 Å². The fourth-order valence-electron chi connectivity index (χ4n) is 1.82. The Kier molecular flexibility index (Phi) is 4.09. The molecule has 1 fully saturated rings. The zero-order valence-corrected chi connectivity index (χ0v) is 8.33. The molecule has 1 aliphatic rings. The van der Waals surface area contributed by atoms with E-state index in [2.05, 4.69) is 24.1 Å². The monoisotopic (exact) mass is 190 g/mol. The number of alkyl halides is 1. The SMILES string of the molecule is C[C@@H]1CNC[C@H](C)N1CC(O)CF. The highest BCUT2D eigenvalue weighted by Crippen LogP contribution is 2.10. The fourth-order valence-corrected chi connectivity index (χ4v) is 1.82. The summed E-state index contributed by atoms with van der Waals surface area (Å²) in [5, 5.41) is 12.5. The smallest absolute Gasteiger partial charge is 0.117 e. The minimum absolute atomic E-state index is 0.380. The van der Waals surface area contributed by atoms with Crippen molar-refractivity contribution in [1.29, 1.82) is 0 Å². The standard InChI is InChI=1S/C9H19FN2O/c1-7-4-11-5-8(2)12(7)6-9(13)3-10/h7-9,11,13H,3-6H2,1-2H3/t7-,8+,9?. The second-order valence-corrected chi connectivity index (χ2v) is 3.86. The van der Waals surface area contributed by atoms with Gasteiger partial charge in [-0.15, -0.1) is 0 Å². The Morgan fingerprint density at radius 1 is 1.46 bits per heavy atom. The number of piperazine rings is 1. The van der Waals surface area contributed by atoms with Crippen molar-refractivity contribution in [2.24, 2.45) is 0 Å². The van der Waals surface area contributed by atoms with Crippen LogP contribution in [0.25, 0.3) is 0 Å². The van der Waals surface area contributed by atoms with Crippen LogP contribution < -0.4 is 5.32 Å². The van der Waals surface area contributed by atoms with Crippen LogP contribution in [0.5, 0.6) is 0 Å². The average molecular weight is 190 g/mol. The third-order valence-corrected chi connectivity index (χ3v) is 2.61. The quantitative estimate of drug-likeness (QED) is 0.657. The number of aliphatic hydroxyl groups excluding tert-OH is 1. The van der Waals surface area contributed by atoms with Gasteiger partial charge in [0.05, 0.1) is 6.10 Å². The molecule has 0 amide bonds. The van der Waals surface area contributed by atoms with Crippen molar-refractivity contribution in [2.45, 2.75) is 32.0 Å². The predicted octanol–water partition coefficient (Wildman–Crippen LogP) is -0.00100. The van der Waals surface area contributed by atoms with Gasteiger partial charge in [-0.1, -0.05) is 0 Å². The summed E-state index contributed by atoms with van der Waals surface area (Å²) in [6.45, 7) is 5.82. The zero-order chi connectivity index (χ0) is 9.84. The van der Waals surface area contributed by atoms with E-state index in [0.717, 1.165) is 13.1 Å². The Labute approximate surface area is 78.9 Å². The van der Waals surface area contributed by atoms with E-state index in [1.54, 1.807) is 0 Å². The van der Waals surface area contributed by atoms with Crippen molar-refractivity contribution in [1.82, 2.24) is 10.2 Å². The lowest BCUT2D eigenvalue weighted by atomic mass is 10.1. The Bertz CT molecular complexity index is 147. The van der Waals surface area contributed by atoms with Crippen LogP contribution in [0, 0.1) is 0 Å². The fraction of sp³-hybridized carbons (Fsp3) is 1.00. The third kappa shape index (κ3) is 2.90. The van der Waals surface area contributed by atoms with Gasteiger partial charge >= 0.3 is 0 Å². The molecule has 1 unspecified atom stereocenters. The number of hydrogen-bond donors (Lipinski definition) is 2. The number of hydrogen-bond acceptors (Lipinski definition) is 3. The van der Waals surface area contributed by atoms with Crippen LogP contribution in [-0.4, -0.2) is 54.5 Å². The predicted molar refractivity (Wildman–Crippen MR) is 50.5 cm³/mol. The first-order chi connectivity index (χ1) is 6.15. The molecular formula is C9H19FN2O. The Morgan fingerprint density at radius 2 is 2.00 bits per heavy atom. The molecular weight excluding hydrogens is 171 g/mol. The van der Waals surface area contributed by atoms with Crippen molar-refractivity contribution >= 4 is 0 Å². The number of aliphatic hydroxyl groups is 1. The Hall–Kier alpha value is -0.190. The summed E-state index contributed by atoms with van der Waals surface area (Å²) in [6, 6.07) is 0.759. The molecule has 0 spiro atoms. The summed E-state index contributed by atoms with van der Waals surface area (Å²) < 4.78 is 12.1. The molecule has 1 aliphatic heterocycles. The van der Waals surface area contributed by atoms with Gasteiger partial charge in [-0.3, -0.25) is 4.90 Å². The lowest BCUT2D eigenvalue weighted by Gasteiger charge is -2.40. The van der Waals surface area contributed by atoms with Crippen LogP contribution in [0.4, 0.5) is 4.39 Å². The van der Waals surface area contributed by atoms with Gasteiger partial charge in [0.15, 0.2) is 0 Å². The lowest BCUT2D eigenvalue weighted by molar-refractivity contribution is 0.0382. The Morgan fingerprint density at radius 3 is 2.46 bits per heavy atom. The first kappa shape index (κ1) is 10.9. The van der Waals surface area contributed by atoms with Crippen molar-refractivity contribution in [3.8, 4) is 0 Å². The van der Waals surface area contributed by atoms with Gasteiger partial charge in [0.2, 0.25) is 0 Å². The van der Waals surface area contributed by atoms with E-state index in [9.17, 15) is 9.50 Å². The molecule has 3 atom stereocenters. The van der Waals surface area contributed by atoms with E-state index in [-0.39, 0.29) is 0 Å². The summed E-state index contributed by atoms with van der Waals surface area (Å²) in [6.07, 6.45) is -0.831. The van der Waals surface area contributed by atoms with Crippen molar-refractivity contribution in [3.05, 3.63) is 0 Å². The largest absolute Gasteiger partial charge is 0.389 e. The first-order valence-electron chi connectivity index (χ1n) is 4.85. The average Bonchev–Trinajstić information content (AvgIpc) is 2.11. The highest BCUT2D eigenvalue weighted by molar-refractivity contribution is 4.83. The van der Waals surface area contributed by atoms with Crippen LogP contribution in [0.2, 0.25) is 0 Å². The van der Waals surface area contributed by atoms with Crippen LogP contribution in [0.3, 0.4) is 0 Å². The van der Waals surface area contributed by atoms with E-state index in [0.29, 0.717) is 18.6 Å². The van der Waals surface area contributed by atoms with E-state index in [1.165, 1.54) is 0 Å². The topological polar surface area (TPSA) is 35.5 Å². The van der Waals surface area contributed by atoms with Crippen LogP contribution in [-0.2, 0) is 0 Å². The molecule has 0 aromatic heterocycles.